The highest BCUT2D eigenvalue weighted by Gasteiger charge is 2.41. The second-order valence-corrected chi connectivity index (χ2v) is 11.7. The smallest absolute Gasteiger partial charge is 0.339 e. The number of hydrogen-bond donors (Lipinski definition) is 0. The first-order valence-electron chi connectivity index (χ1n) is 12.0. The van der Waals surface area contributed by atoms with Gasteiger partial charge < -0.3 is 4.18 Å². The van der Waals surface area contributed by atoms with Crippen molar-refractivity contribution >= 4 is 72.6 Å². The first-order valence-corrected chi connectivity index (χ1v) is 14.6. The van der Waals surface area contributed by atoms with Crippen LogP contribution in [0, 0.1) is 6.92 Å². The van der Waals surface area contributed by atoms with E-state index in [-0.39, 0.29) is 26.9 Å². The fourth-order valence-corrected chi connectivity index (χ4v) is 5.78. The first kappa shape index (κ1) is 27.4. The average molecular weight is 634 g/mol. The number of rotatable bonds is 6. The number of carbonyl (C=O) groups excluding carboxylic acids is 2. The molecule has 40 heavy (non-hydrogen) atoms. The quantitative estimate of drug-likeness (QED) is 0.108. The predicted molar refractivity (Wildman–Crippen MR) is 162 cm³/mol. The zero-order valence-electron chi connectivity index (χ0n) is 21.0. The molecule has 1 heterocycles. The molecule has 1 aliphatic rings. The van der Waals surface area contributed by atoms with Crippen molar-refractivity contribution in [3.8, 4) is 5.75 Å². The monoisotopic (exact) mass is 632 g/mol. The van der Waals surface area contributed by atoms with Crippen LogP contribution in [-0.2, 0) is 19.7 Å². The van der Waals surface area contributed by atoms with Crippen molar-refractivity contribution in [1.29, 1.82) is 0 Å². The molecule has 0 radical (unpaired) electrons. The number of carbonyl (C=O) groups is 2. The van der Waals surface area contributed by atoms with E-state index in [4.69, 9.17) is 16.4 Å². The SMILES string of the molecule is Cc1ccc(S(=O)(=O)Oc2ccc(Br)cc2C=C2C(=O)N(c3ccccc3)C(=S)N(c3ccccc3)C2=O)cc1. The molecule has 1 saturated heterocycles. The number of benzene rings is 4. The molecule has 1 aliphatic heterocycles. The van der Waals surface area contributed by atoms with Gasteiger partial charge in [0.05, 0.1) is 11.4 Å². The van der Waals surface area contributed by atoms with Gasteiger partial charge in [0.25, 0.3) is 11.8 Å². The first-order chi connectivity index (χ1) is 19.2. The fourth-order valence-electron chi connectivity index (χ4n) is 4.07. The Balaban J connectivity index is 1.63. The molecule has 0 bridgehead atoms. The van der Waals surface area contributed by atoms with E-state index in [9.17, 15) is 18.0 Å². The predicted octanol–water partition coefficient (Wildman–Crippen LogP) is 6.27. The van der Waals surface area contributed by atoms with Crippen LogP contribution in [0.2, 0.25) is 0 Å². The molecular formula is C30H21BrN2O5S2. The zero-order chi connectivity index (χ0) is 28.4. The maximum Gasteiger partial charge on any atom is 0.339 e. The molecule has 5 rings (SSSR count). The highest BCUT2D eigenvalue weighted by Crippen LogP contribution is 2.33. The number of nitrogens with zero attached hydrogens (tertiary/aromatic N) is 2. The Morgan fingerprint density at radius 3 is 1.82 bits per heavy atom. The summed E-state index contributed by atoms with van der Waals surface area (Å²) in [4.78, 5) is 30.2. The molecule has 0 aliphatic carbocycles. The van der Waals surface area contributed by atoms with Gasteiger partial charge in [0.1, 0.15) is 16.2 Å². The largest absolute Gasteiger partial charge is 0.378 e. The lowest BCUT2D eigenvalue weighted by molar-refractivity contribution is -0.120. The average Bonchev–Trinajstić information content (AvgIpc) is 2.94. The third kappa shape index (κ3) is 5.46. The highest BCUT2D eigenvalue weighted by molar-refractivity contribution is 9.10. The highest BCUT2D eigenvalue weighted by atomic mass is 79.9. The standard InChI is InChI=1S/C30H21BrN2O5S2/c1-20-12-15-25(16-13-20)40(36,37)38-27-17-14-22(31)18-21(27)19-26-28(34)32(23-8-4-2-5-9-23)30(39)33(29(26)35)24-10-6-3-7-11-24/h2-19H,1H3. The molecule has 0 atom stereocenters. The van der Waals surface area contributed by atoms with Crippen molar-refractivity contribution in [3.05, 3.63) is 124 Å². The summed E-state index contributed by atoms with van der Waals surface area (Å²) in [6, 6.07) is 28.3. The van der Waals surface area contributed by atoms with Gasteiger partial charge in [-0.15, -0.1) is 0 Å². The summed E-state index contributed by atoms with van der Waals surface area (Å²) in [5.41, 5.74) is 1.83. The van der Waals surface area contributed by atoms with E-state index >= 15 is 0 Å². The molecule has 4 aromatic carbocycles. The lowest BCUT2D eigenvalue weighted by Crippen LogP contribution is -2.56. The number of amides is 2. The molecular weight excluding hydrogens is 612 g/mol. The van der Waals surface area contributed by atoms with Crippen molar-refractivity contribution in [2.24, 2.45) is 0 Å². The van der Waals surface area contributed by atoms with E-state index in [2.05, 4.69) is 15.9 Å². The van der Waals surface area contributed by atoms with Crippen LogP contribution in [0.1, 0.15) is 11.1 Å². The molecule has 0 unspecified atom stereocenters. The Morgan fingerprint density at radius 2 is 1.30 bits per heavy atom. The Labute approximate surface area is 245 Å². The maximum absolute atomic E-state index is 13.8. The molecule has 2 amide bonds. The summed E-state index contributed by atoms with van der Waals surface area (Å²) in [5.74, 6) is -1.36. The van der Waals surface area contributed by atoms with Crippen molar-refractivity contribution in [2.75, 3.05) is 9.80 Å². The molecule has 10 heteroatoms. The Hall–Kier alpha value is -4.12. The van der Waals surface area contributed by atoms with Crippen molar-refractivity contribution in [2.45, 2.75) is 11.8 Å². The Bertz CT molecular complexity index is 1690. The van der Waals surface area contributed by atoms with Crippen molar-refractivity contribution < 1.29 is 22.2 Å². The van der Waals surface area contributed by atoms with Gasteiger partial charge in [-0.3, -0.25) is 19.4 Å². The van der Waals surface area contributed by atoms with E-state index in [1.54, 1.807) is 84.9 Å². The van der Waals surface area contributed by atoms with Crippen LogP contribution in [0.3, 0.4) is 0 Å². The van der Waals surface area contributed by atoms with Gasteiger partial charge in [0, 0.05) is 10.0 Å². The van der Waals surface area contributed by atoms with Crippen LogP contribution in [0.5, 0.6) is 5.75 Å². The van der Waals surface area contributed by atoms with Gasteiger partial charge in [-0.2, -0.15) is 8.42 Å². The van der Waals surface area contributed by atoms with Gasteiger partial charge >= 0.3 is 10.1 Å². The summed E-state index contributed by atoms with van der Waals surface area (Å²) in [6.07, 6.45) is 1.32. The molecule has 7 nitrogen and oxygen atoms in total. The summed E-state index contributed by atoms with van der Waals surface area (Å²) < 4.78 is 32.2. The molecule has 0 aromatic heterocycles. The minimum absolute atomic E-state index is 0.00258. The minimum Gasteiger partial charge on any atom is -0.378 e. The maximum atomic E-state index is 13.8. The number of halogens is 1. The molecule has 200 valence electrons. The van der Waals surface area contributed by atoms with E-state index in [1.165, 1.54) is 34.1 Å². The lowest BCUT2D eigenvalue weighted by atomic mass is 10.0. The van der Waals surface area contributed by atoms with E-state index < -0.39 is 21.9 Å². The zero-order valence-corrected chi connectivity index (χ0v) is 24.2. The van der Waals surface area contributed by atoms with E-state index in [1.807, 2.05) is 6.92 Å². The molecule has 1 fully saturated rings. The number of hydrogen-bond acceptors (Lipinski definition) is 6. The second-order valence-electron chi connectivity index (χ2n) is 8.83. The topological polar surface area (TPSA) is 84.0 Å². The van der Waals surface area contributed by atoms with E-state index in [0.717, 1.165) is 5.56 Å². The molecule has 0 N–H and O–H groups in total. The molecule has 4 aromatic rings. The van der Waals surface area contributed by atoms with Crippen molar-refractivity contribution in [3.63, 3.8) is 0 Å². The van der Waals surface area contributed by atoms with Crippen molar-refractivity contribution in [1.82, 2.24) is 0 Å². The van der Waals surface area contributed by atoms with Gasteiger partial charge in [-0.05, 0) is 79.8 Å². The number of aryl methyl sites for hydroxylation is 1. The van der Waals surface area contributed by atoms with Crippen LogP contribution in [0.25, 0.3) is 6.08 Å². The number of thiocarbonyl (C=S) groups is 1. The Morgan fingerprint density at radius 1 is 0.775 bits per heavy atom. The summed E-state index contributed by atoms with van der Waals surface area (Å²) in [7, 11) is -4.21. The fraction of sp³-hybridized carbons (Fsp3) is 0.0333. The van der Waals surface area contributed by atoms with Crippen LogP contribution in [-0.4, -0.2) is 25.3 Å². The minimum atomic E-state index is -4.21. The van der Waals surface area contributed by atoms with Crippen LogP contribution in [0.4, 0.5) is 11.4 Å². The normalized spacial score (nSPS) is 13.9. The number of anilines is 2. The van der Waals surface area contributed by atoms with Gasteiger partial charge in [0.15, 0.2) is 5.11 Å². The van der Waals surface area contributed by atoms with Crippen LogP contribution in [0.15, 0.2) is 118 Å². The third-order valence-corrected chi connectivity index (χ3v) is 8.17. The number of para-hydroxylation sites is 2. The Kier molecular flexibility index (Phi) is 7.66. The second kappa shape index (κ2) is 11.2. The molecule has 0 spiro atoms. The summed E-state index contributed by atoms with van der Waals surface area (Å²) >= 11 is 9.02. The van der Waals surface area contributed by atoms with Gasteiger partial charge in [-0.25, -0.2) is 0 Å². The lowest BCUT2D eigenvalue weighted by Gasteiger charge is -2.36. The van der Waals surface area contributed by atoms with E-state index in [0.29, 0.717) is 15.8 Å². The van der Waals surface area contributed by atoms with Crippen LogP contribution < -0.4 is 14.0 Å². The summed E-state index contributed by atoms with van der Waals surface area (Å²) in [5, 5.41) is -0.00258. The third-order valence-electron chi connectivity index (χ3n) is 6.06. The molecule has 0 saturated carbocycles. The van der Waals surface area contributed by atoms with Crippen LogP contribution >= 0.6 is 28.1 Å². The summed E-state index contributed by atoms with van der Waals surface area (Å²) in [6.45, 7) is 1.84. The van der Waals surface area contributed by atoms with Gasteiger partial charge in [0.2, 0.25) is 0 Å². The van der Waals surface area contributed by atoms with Gasteiger partial charge in [-0.1, -0.05) is 70.0 Å².